The molecular weight excluding hydrogens is 376 g/mol. The summed E-state index contributed by atoms with van der Waals surface area (Å²) in [5.74, 6) is 1.04. The van der Waals surface area contributed by atoms with E-state index in [2.05, 4.69) is 25.0 Å². The minimum absolute atomic E-state index is 0.107. The Kier molecular flexibility index (Phi) is 5.27. The van der Waals surface area contributed by atoms with Crippen molar-refractivity contribution >= 4 is 10.0 Å². The van der Waals surface area contributed by atoms with Crippen LogP contribution in [0.3, 0.4) is 0 Å². The van der Waals surface area contributed by atoms with Gasteiger partial charge in [0.05, 0.1) is 10.6 Å². The Morgan fingerprint density at radius 1 is 1.32 bits per heavy atom. The van der Waals surface area contributed by atoms with E-state index < -0.39 is 10.0 Å². The third kappa shape index (κ3) is 3.85. The Morgan fingerprint density at radius 3 is 2.93 bits per heavy atom. The van der Waals surface area contributed by atoms with E-state index in [1.807, 2.05) is 25.3 Å². The minimum Gasteiger partial charge on any atom is -0.263 e. The lowest BCUT2D eigenvalue weighted by molar-refractivity contribution is 0.362. The Balaban J connectivity index is 1.54. The predicted molar refractivity (Wildman–Crippen MR) is 105 cm³/mol. The first-order valence-electron chi connectivity index (χ1n) is 9.57. The van der Waals surface area contributed by atoms with Crippen LogP contribution < -0.4 is 4.72 Å². The smallest absolute Gasteiger partial charge is 0.241 e. The Labute approximate surface area is 164 Å². The van der Waals surface area contributed by atoms with Crippen molar-refractivity contribution in [3.8, 4) is 5.69 Å². The molecule has 1 aliphatic carbocycles. The molecule has 1 aliphatic rings. The highest BCUT2D eigenvalue weighted by molar-refractivity contribution is 7.89. The summed E-state index contributed by atoms with van der Waals surface area (Å²) in [6.45, 7) is 1.96. The maximum absolute atomic E-state index is 13.1. The summed E-state index contributed by atoms with van der Waals surface area (Å²) < 4.78 is 30.9. The van der Waals surface area contributed by atoms with E-state index >= 15 is 0 Å². The first-order chi connectivity index (χ1) is 13.6. The van der Waals surface area contributed by atoms with Gasteiger partial charge in [0, 0.05) is 24.4 Å². The molecule has 1 saturated carbocycles. The van der Waals surface area contributed by atoms with Crippen molar-refractivity contribution in [3.63, 3.8) is 0 Å². The predicted octanol–water partition coefficient (Wildman–Crippen LogP) is 2.56. The summed E-state index contributed by atoms with van der Waals surface area (Å²) in [5, 5.41) is 11.0. The monoisotopic (exact) mass is 400 g/mol. The molecule has 0 spiro atoms. The molecule has 1 aromatic carbocycles. The van der Waals surface area contributed by atoms with Gasteiger partial charge in [0.15, 0.2) is 0 Å². The molecule has 4 rings (SSSR count). The average molecular weight is 401 g/mol. The molecule has 0 aliphatic heterocycles. The molecule has 9 heteroatoms. The third-order valence-electron chi connectivity index (χ3n) is 5.30. The van der Waals surface area contributed by atoms with E-state index in [4.69, 9.17) is 0 Å². The lowest BCUT2D eigenvalue weighted by Gasteiger charge is -2.28. The van der Waals surface area contributed by atoms with E-state index in [1.54, 1.807) is 23.0 Å². The molecule has 0 amide bonds. The van der Waals surface area contributed by atoms with Crippen LogP contribution in [0.15, 0.2) is 47.9 Å². The van der Waals surface area contributed by atoms with Crippen LogP contribution in [0, 0.1) is 0 Å². The van der Waals surface area contributed by atoms with Gasteiger partial charge >= 0.3 is 0 Å². The molecule has 1 fully saturated rings. The zero-order valence-corrected chi connectivity index (χ0v) is 16.6. The molecule has 2 N–H and O–H groups in total. The van der Waals surface area contributed by atoms with Crippen LogP contribution in [-0.4, -0.2) is 39.4 Å². The highest BCUT2D eigenvalue weighted by Gasteiger charge is 2.29. The molecule has 3 aromatic rings. The summed E-state index contributed by atoms with van der Waals surface area (Å²) in [6, 6.07) is 7.09. The van der Waals surface area contributed by atoms with Crippen molar-refractivity contribution in [2.24, 2.45) is 0 Å². The van der Waals surface area contributed by atoms with Crippen LogP contribution >= 0.6 is 0 Å². The lowest BCUT2D eigenvalue weighted by Crippen LogP contribution is -2.38. The van der Waals surface area contributed by atoms with Crippen molar-refractivity contribution in [2.75, 3.05) is 0 Å². The highest BCUT2D eigenvalue weighted by Crippen LogP contribution is 2.32. The molecule has 148 valence electrons. The van der Waals surface area contributed by atoms with Crippen LogP contribution in [0.4, 0.5) is 0 Å². The number of hydrogen-bond donors (Lipinski definition) is 2. The van der Waals surface area contributed by atoms with Gasteiger partial charge in [-0.15, -0.1) is 0 Å². The van der Waals surface area contributed by atoms with Crippen molar-refractivity contribution in [2.45, 2.75) is 55.9 Å². The van der Waals surface area contributed by atoms with Crippen molar-refractivity contribution in [1.82, 2.24) is 29.7 Å². The molecule has 0 unspecified atom stereocenters. The van der Waals surface area contributed by atoms with Gasteiger partial charge in [0.2, 0.25) is 10.0 Å². The zero-order valence-electron chi connectivity index (χ0n) is 15.7. The van der Waals surface area contributed by atoms with Crippen LogP contribution in [0.2, 0.25) is 0 Å². The molecule has 0 radical (unpaired) electrons. The van der Waals surface area contributed by atoms with Gasteiger partial charge in [0.1, 0.15) is 12.2 Å². The largest absolute Gasteiger partial charge is 0.263 e. The number of aromatic nitrogens is 5. The molecule has 2 atom stereocenters. The summed E-state index contributed by atoms with van der Waals surface area (Å²) in [6.07, 6.45) is 9.16. The highest BCUT2D eigenvalue weighted by atomic mass is 32.2. The fourth-order valence-electron chi connectivity index (χ4n) is 3.91. The van der Waals surface area contributed by atoms with Crippen LogP contribution in [0.1, 0.15) is 49.9 Å². The second-order valence-corrected chi connectivity index (χ2v) is 8.83. The van der Waals surface area contributed by atoms with E-state index in [-0.39, 0.29) is 12.0 Å². The summed E-state index contributed by atoms with van der Waals surface area (Å²) in [5.41, 5.74) is 1.63. The van der Waals surface area contributed by atoms with Gasteiger partial charge in [-0.3, -0.25) is 5.10 Å². The molecular formula is C19H24N6O2S. The van der Waals surface area contributed by atoms with Crippen molar-refractivity contribution in [3.05, 3.63) is 54.4 Å². The molecule has 2 heterocycles. The number of aromatic amines is 1. The standard InChI is InChI=1S/C19H24N6O2S/c1-2-14-12-17(25-10-4-9-22-25)7-8-18(14)28(26,27)24-16-6-3-5-15(11-16)19-20-13-21-23-19/h4,7-10,12-13,15-16,24H,2-3,5-6,11H2,1H3,(H,20,21,23)/t15-,16+/m1/s1. The maximum Gasteiger partial charge on any atom is 0.241 e. The molecule has 0 saturated heterocycles. The first-order valence-corrected chi connectivity index (χ1v) is 11.1. The number of H-pyrrole nitrogens is 1. The molecule has 0 bridgehead atoms. The van der Waals surface area contributed by atoms with Gasteiger partial charge in [0.25, 0.3) is 0 Å². The van der Waals surface area contributed by atoms with Crippen LogP contribution in [0.5, 0.6) is 0 Å². The van der Waals surface area contributed by atoms with Gasteiger partial charge < -0.3 is 0 Å². The van der Waals surface area contributed by atoms with Gasteiger partial charge in [-0.25, -0.2) is 22.8 Å². The fourth-order valence-corrected chi connectivity index (χ4v) is 5.48. The number of rotatable bonds is 6. The normalized spacial score (nSPS) is 20.3. The number of sulfonamides is 1. The van der Waals surface area contributed by atoms with Crippen molar-refractivity contribution < 1.29 is 8.42 Å². The Morgan fingerprint density at radius 2 is 2.21 bits per heavy atom. The SMILES string of the molecule is CCc1cc(-n2cccn2)ccc1S(=O)(=O)N[C@H]1CCC[C@@H](c2ncn[nH]2)C1. The van der Waals surface area contributed by atoms with Crippen molar-refractivity contribution in [1.29, 1.82) is 0 Å². The van der Waals surface area contributed by atoms with Gasteiger partial charge in [-0.1, -0.05) is 13.3 Å². The van der Waals surface area contributed by atoms with Crippen LogP contribution in [0.25, 0.3) is 5.69 Å². The first kappa shape index (κ1) is 18.8. The van der Waals surface area contributed by atoms with E-state index in [1.165, 1.54) is 6.33 Å². The number of nitrogens with zero attached hydrogens (tertiary/aromatic N) is 4. The lowest BCUT2D eigenvalue weighted by atomic mass is 9.86. The minimum atomic E-state index is -3.61. The number of benzene rings is 1. The van der Waals surface area contributed by atoms with Gasteiger partial charge in [-0.2, -0.15) is 10.2 Å². The Bertz CT molecular complexity index is 1010. The maximum atomic E-state index is 13.1. The summed E-state index contributed by atoms with van der Waals surface area (Å²) >= 11 is 0. The van der Waals surface area contributed by atoms with E-state index in [9.17, 15) is 8.42 Å². The van der Waals surface area contributed by atoms with Crippen LogP contribution in [-0.2, 0) is 16.4 Å². The Hall–Kier alpha value is -2.52. The number of aryl methyl sites for hydroxylation is 1. The molecule has 2 aromatic heterocycles. The van der Waals surface area contributed by atoms with E-state index in [0.717, 1.165) is 42.8 Å². The number of hydrogen-bond acceptors (Lipinski definition) is 5. The number of nitrogens with one attached hydrogen (secondary N) is 2. The fraction of sp³-hybridized carbons (Fsp3) is 0.421. The second-order valence-electron chi connectivity index (χ2n) is 7.15. The molecule has 28 heavy (non-hydrogen) atoms. The second kappa shape index (κ2) is 7.84. The third-order valence-corrected chi connectivity index (χ3v) is 6.92. The average Bonchev–Trinajstić information content (AvgIpc) is 3.41. The quantitative estimate of drug-likeness (QED) is 0.661. The summed E-state index contributed by atoms with van der Waals surface area (Å²) in [7, 11) is -3.61. The van der Waals surface area contributed by atoms with E-state index in [0.29, 0.717) is 11.3 Å². The summed E-state index contributed by atoms with van der Waals surface area (Å²) in [4.78, 5) is 4.58. The topological polar surface area (TPSA) is 106 Å². The zero-order chi connectivity index (χ0) is 19.6. The molecule has 8 nitrogen and oxygen atoms in total. The van der Waals surface area contributed by atoms with Gasteiger partial charge in [-0.05, 0) is 55.5 Å².